The van der Waals surface area contributed by atoms with E-state index in [0.717, 1.165) is 19.3 Å². The van der Waals surface area contributed by atoms with Crippen molar-refractivity contribution in [3.05, 3.63) is 33.3 Å². The zero-order valence-electron chi connectivity index (χ0n) is 13.8. The van der Waals surface area contributed by atoms with Gasteiger partial charge in [-0.15, -0.1) is 0 Å². The first-order valence-electron chi connectivity index (χ1n) is 8.35. The molecule has 0 heterocycles. The van der Waals surface area contributed by atoms with Crippen LogP contribution in [0.1, 0.15) is 44.9 Å². The van der Waals surface area contributed by atoms with Crippen LogP contribution in [0.2, 0.25) is 5.02 Å². The number of benzene rings is 1. The van der Waals surface area contributed by atoms with E-state index >= 15 is 0 Å². The summed E-state index contributed by atoms with van der Waals surface area (Å²) in [5.41, 5.74) is -0.304. The molecule has 8 heteroatoms. The quantitative estimate of drug-likeness (QED) is 0.444. The van der Waals surface area contributed by atoms with Crippen molar-refractivity contribution in [3.8, 4) is 0 Å². The van der Waals surface area contributed by atoms with E-state index in [9.17, 15) is 19.7 Å². The summed E-state index contributed by atoms with van der Waals surface area (Å²) in [6.45, 7) is -0.479. The van der Waals surface area contributed by atoms with Gasteiger partial charge in [-0.1, -0.05) is 43.7 Å². The van der Waals surface area contributed by atoms with Crippen LogP contribution in [-0.2, 0) is 14.3 Å². The fourth-order valence-corrected chi connectivity index (χ4v) is 3.14. The highest BCUT2D eigenvalue weighted by Gasteiger charge is 2.18. The molecule has 7 nitrogen and oxygen atoms in total. The van der Waals surface area contributed by atoms with Crippen LogP contribution in [0.25, 0.3) is 0 Å². The molecule has 1 aromatic carbocycles. The Labute approximate surface area is 150 Å². The number of halogens is 1. The van der Waals surface area contributed by atoms with Crippen molar-refractivity contribution in [2.75, 3.05) is 11.9 Å². The van der Waals surface area contributed by atoms with Crippen LogP contribution < -0.4 is 5.32 Å². The number of anilines is 1. The van der Waals surface area contributed by atoms with E-state index in [0.29, 0.717) is 5.92 Å². The lowest BCUT2D eigenvalue weighted by Gasteiger charge is -2.20. The number of esters is 1. The van der Waals surface area contributed by atoms with Crippen LogP contribution in [0.5, 0.6) is 0 Å². The Morgan fingerprint density at radius 1 is 1.28 bits per heavy atom. The summed E-state index contributed by atoms with van der Waals surface area (Å²) in [4.78, 5) is 33.9. The molecule has 1 aliphatic rings. The van der Waals surface area contributed by atoms with Crippen molar-refractivity contribution in [2.24, 2.45) is 5.92 Å². The van der Waals surface area contributed by atoms with Gasteiger partial charge in [-0.25, -0.2) is 0 Å². The number of nitro benzene ring substituents is 1. The Kier molecular flexibility index (Phi) is 7.18. The van der Waals surface area contributed by atoms with Gasteiger partial charge in [0.25, 0.3) is 11.6 Å². The molecule has 0 spiro atoms. The number of nitrogens with zero attached hydrogens (tertiary/aromatic N) is 1. The Morgan fingerprint density at radius 3 is 2.68 bits per heavy atom. The largest absolute Gasteiger partial charge is 0.456 e. The lowest BCUT2D eigenvalue weighted by atomic mass is 9.86. The van der Waals surface area contributed by atoms with Crippen molar-refractivity contribution in [1.82, 2.24) is 0 Å². The lowest BCUT2D eigenvalue weighted by Crippen LogP contribution is -2.21. The van der Waals surface area contributed by atoms with E-state index in [1.54, 1.807) is 0 Å². The van der Waals surface area contributed by atoms with Crippen LogP contribution in [0.3, 0.4) is 0 Å². The maximum absolute atomic E-state index is 11.9. The average Bonchev–Trinajstić information content (AvgIpc) is 2.59. The molecule has 0 saturated heterocycles. The Morgan fingerprint density at radius 2 is 2.00 bits per heavy atom. The van der Waals surface area contributed by atoms with E-state index in [4.69, 9.17) is 16.3 Å². The highest BCUT2D eigenvalue weighted by molar-refractivity contribution is 6.31. The smallest absolute Gasteiger partial charge is 0.306 e. The second-order valence-electron chi connectivity index (χ2n) is 6.17. The van der Waals surface area contributed by atoms with Crippen LogP contribution in [0, 0.1) is 16.0 Å². The molecule has 1 saturated carbocycles. The molecule has 2 rings (SSSR count). The number of amides is 1. The van der Waals surface area contributed by atoms with Crippen molar-refractivity contribution >= 4 is 34.9 Å². The molecule has 1 aromatic rings. The number of hydrogen-bond acceptors (Lipinski definition) is 5. The number of nitro groups is 1. The highest BCUT2D eigenvalue weighted by Crippen LogP contribution is 2.28. The third kappa shape index (κ3) is 6.34. The summed E-state index contributed by atoms with van der Waals surface area (Å²) in [6.07, 6.45) is 7.03. The predicted octanol–water partition coefficient (Wildman–Crippen LogP) is 4.09. The summed E-state index contributed by atoms with van der Waals surface area (Å²) in [6, 6.07) is 3.84. The van der Waals surface area contributed by atoms with Gasteiger partial charge in [-0.3, -0.25) is 19.7 Å². The van der Waals surface area contributed by atoms with Gasteiger partial charge < -0.3 is 10.1 Å². The van der Waals surface area contributed by atoms with E-state index in [1.807, 2.05) is 0 Å². The van der Waals surface area contributed by atoms with Gasteiger partial charge in [0, 0.05) is 17.5 Å². The summed E-state index contributed by atoms with van der Waals surface area (Å²) >= 11 is 5.79. The van der Waals surface area contributed by atoms with Crippen LogP contribution in [0.4, 0.5) is 11.4 Å². The summed E-state index contributed by atoms with van der Waals surface area (Å²) in [5.74, 6) is -0.512. The molecule has 1 aliphatic carbocycles. The van der Waals surface area contributed by atoms with E-state index in [2.05, 4.69) is 5.32 Å². The Hall–Kier alpha value is -2.15. The molecular weight excluding hydrogens is 348 g/mol. The summed E-state index contributed by atoms with van der Waals surface area (Å²) in [5, 5.41) is 13.5. The first-order chi connectivity index (χ1) is 12.0. The highest BCUT2D eigenvalue weighted by atomic mass is 35.5. The number of hydrogen-bond donors (Lipinski definition) is 1. The SMILES string of the molecule is O=C(COC(=O)CCC1CCCCC1)Nc1cc(Cl)ccc1[N+](=O)[O-]. The average molecular weight is 369 g/mol. The van der Waals surface area contributed by atoms with Gasteiger partial charge in [0.2, 0.25) is 0 Å². The number of carbonyl (C=O) groups is 2. The third-order valence-electron chi connectivity index (χ3n) is 4.28. The summed E-state index contributed by atoms with van der Waals surface area (Å²) < 4.78 is 4.94. The van der Waals surface area contributed by atoms with Gasteiger partial charge in [0.15, 0.2) is 6.61 Å². The molecule has 0 radical (unpaired) electrons. The topological polar surface area (TPSA) is 98.5 Å². The number of carbonyl (C=O) groups excluding carboxylic acids is 2. The van der Waals surface area contributed by atoms with Crippen LogP contribution in [0.15, 0.2) is 18.2 Å². The first-order valence-corrected chi connectivity index (χ1v) is 8.73. The second-order valence-corrected chi connectivity index (χ2v) is 6.61. The number of rotatable bonds is 7. The van der Waals surface area contributed by atoms with Crippen molar-refractivity contribution < 1.29 is 19.2 Å². The molecule has 25 heavy (non-hydrogen) atoms. The van der Waals surface area contributed by atoms with E-state index in [-0.39, 0.29) is 22.8 Å². The Balaban J connectivity index is 1.77. The first kappa shape index (κ1) is 19.2. The minimum absolute atomic E-state index is 0.0271. The molecule has 1 N–H and O–H groups in total. The minimum Gasteiger partial charge on any atom is -0.456 e. The standard InChI is InChI=1S/C17H21ClN2O5/c18-13-7-8-15(20(23)24)14(10-13)19-16(21)11-25-17(22)9-6-12-4-2-1-3-5-12/h7-8,10,12H,1-6,9,11H2,(H,19,21). The van der Waals surface area contributed by atoms with Crippen LogP contribution in [-0.4, -0.2) is 23.4 Å². The van der Waals surface area contributed by atoms with Crippen molar-refractivity contribution in [2.45, 2.75) is 44.9 Å². The van der Waals surface area contributed by atoms with E-state index in [1.165, 1.54) is 37.5 Å². The lowest BCUT2D eigenvalue weighted by molar-refractivity contribution is -0.383. The molecule has 0 atom stereocenters. The molecule has 0 aliphatic heterocycles. The molecular formula is C17H21ClN2O5. The second kappa shape index (κ2) is 9.36. The molecule has 0 unspecified atom stereocenters. The zero-order valence-corrected chi connectivity index (χ0v) is 14.6. The molecule has 136 valence electrons. The minimum atomic E-state index is -0.642. The third-order valence-corrected chi connectivity index (χ3v) is 4.51. The zero-order chi connectivity index (χ0) is 18.2. The van der Waals surface area contributed by atoms with E-state index < -0.39 is 23.4 Å². The number of nitrogens with one attached hydrogen (secondary N) is 1. The summed E-state index contributed by atoms with van der Waals surface area (Å²) in [7, 11) is 0. The van der Waals surface area contributed by atoms with Gasteiger partial charge >= 0.3 is 5.97 Å². The van der Waals surface area contributed by atoms with Gasteiger partial charge in [0.1, 0.15) is 5.69 Å². The molecule has 1 fully saturated rings. The Bertz CT molecular complexity index is 644. The maximum atomic E-state index is 11.9. The number of ether oxygens (including phenoxy) is 1. The normalized spacial score (nSPS) is 14.8. The van der Waals surface area contributed by atoms with Gasteiger partial charge in [-0.2, -0.15) is 0 Å². The van der Waals surface area contributed by atoms with Gasteiger partial charge in [0.05, 0.1) is 4.92 Å². The fraction of sp³-hybridized carbons (Fsp3) is 0.529. The predicted molar refractivity (Wildman–Crippen MR) is 93.5 cm³/mol. The maximum Gasteiger partial charge on any atom is 0.306 e. The molecule has 0 bridgehead atoms. The molecule has 1 amide bonds. The van der Waals surface area contributed by atoms with Crippen molar-refractivity contribution in [1.29, 1.82) is 0 Å². The van der Waals surface area contributed by atoms with Crippen molar-refractivity contribution in [3.63, 3.8) is 0 Å². The molecule has 0 aromatic heterocycles. The van der Waals surface area contributed by atoms with Crippen LogP contribution >= 0.6 is 11.6 Å². The van der Waals surface area contributed by atoms with Gasteiger partial charge in [-0.05, 0) is 24.5 Å². The monoisotopic (exact) mass is 368 g/mol. The fourth-order valence-electron chi connectivity index (χ4n) is 2.97.